The maximum absolute atomic E-state index is 14.1. The van der Waals surface area contributed by atoms with Gasteiger partial charge in [0.15, 0.2) is 32.3 Å². The number of ether oxygens (including phenoxy) is 1. The number of carboxylic acids is 1. The molecule has 0 unspecified atom stereocenters. The van der Waals surface area contributed by atoms with Crippen LogP contribution in [0.5, 0.6) is 5.75 Å². The number of rotatable bonds is 9. The van der Waals surface area contributed by atoms with Gasteiger partial charge < -0.3 is 14.7 Å². The van der Waals surface area contributed by atoms with Crippen molar-refractivity contribution in [3.05, 3.63) is 35.8 Å². The number of anilines is 1. The van der Waals surface area contributed by atoms with Gasteiger partial charge in [0.05, 0.1) is 13.3 Å². The predicted molar refractivity (Wildman–Crippen MR) is 126 cm³/mol. The molecule has 2 N–H and O–H groups in total. The molecule has 1 fully saturated rings. The molecule has 9 nitrogen and oxygen atoms in total. The topological polar surface area (TPSA) is 126 Å². The number of thiazole rings is 1. The average Bonchev–Trinajstić information content (AvgIpc) is 3.24. The molecule has 0 bridgehead atoms. The van der Waals surface area contributed by atoms with Crippen molar-refractivity contribution in [1.29, 1.82) is 0 Å². The second kappa shape index (κ2) is 11.1. The molecule has 0 aliphatic heterocycles. The molecule has 34 heavy (non-hydrogen) atoms. The lowest BCUT2D eigenvalue weighted by molar-refractivity contribution is -0.134. The number of amides is 2. The fourth-order valence-electron chi connectivity index (χ4n) is 3.98. The Bertz CT molecular complexity index is 1130. The zero-order chi connectivity index (χ0) is 24.9. The highest BCUT2D eigenvalue weighted by molar-refractivity contribution is 7.94. The van der Waals surface area contributed by atoms with E-state index in [1.807, 2.05) is 0 Å². The lowest BCUT2D eigenvalue weighted by Crippen LogP contribution is -2.45. The van der Waals surface area contributed by atoms with E-state index >= 15 is 0 Å². The molecule has 0 spiro atoms. The number of hydrogen-bond donors (Lipinski definition) is 2. The fourth-order valence-corrected chi connectivity index (χ4v) is 6.12. The van der Waals surface area contributed by atoms with E-state index in [-0.39, 0.29) is 21.1 Å². The zero-order valence-corrected chi connectivity index (χ0v) is 20.6. The number of halogens is 1. The summed E-state index contributed by atoms with van der Waals surface area (Å²) in [6, 6.07) is 4.26. The number of carboxylic acid groups (broad SMARTS) is 1. The number of carbonyl (C=O) groups is 2. The maximum Gasteiger partial charge on any atom is 0.323 e. The van der Waals surface area contributed by atoms with Crippen molar-refractivity contribution in [3.63, 3.8) is 0 Å². The van der Waals surface area contributed by atoms with Crippen LogP contribution in [0, 0.1) is 11.7 Å². The molecule has 1 aliphatic carbocycles. The standard InChI is InChI=1S/C22H28FN3O6S2/c1-14-3-6-16(7-4-14)26(10-9-15-5-8-18(32-2)17(23)11-15)22(29)25-21-24-12-20(33-21)34(30,31)13-19(27)28/h5,8,11-12,14,16H,3-4,6-7,9-10,13H2,1-2H3,(H,27,28)(H,24,25,29). The highest BCUT2D eigenvalue weighted by Gasteiger charge is 2.29. The van der Waals surface area contributed by atoms with E-state index in [1.165, 1.54) is 13.2 Å². The van der Waals surface area contributed by atoms with Gasteiger partial charge in [0, 0.05) is 12.6 Å². The molecule has 3 rings (SSSR count). The minimum Gasteiger partial charge on any atom is -0.494 e. The Kier molecular flexibility index (Phi) is 8.47. The third-order valence-corrected chi connectivity index (χ3v) is 8.93. The second-order valence-corrected chi connectivity index (χ2v) is 11.6. The first kappa shape index (κ1) is 25.9. The molecule has 2 aromatic rings. The van der Waals surface area contributed by atoms with Gasteiger partial charge >= 0.3 is 12.0 Å². The van der Waals surface area contributed by atoms with E-state index in [4.69, 9.17) is 9.84 Å². The molecule has 1 aliphatic rings. The Morgan fingerprint density at radius 2 is 2.00 bits per heavy atom. The van der Waals surface area contributed by atoms with Crippen LogP contribution in [0.25, 0.3) is 0 Å². The summed E-state index contributed by atoms with van der Waals surface area (Å²) in [6.07, 6.45) is 5.12. The van der Waals surface area contributed by atoms with Crippen LogP contribution in [0.2, 0.25) is 0 Å². The van der Waals surface area contributed by atoms with Crippen molar-refractivity contribution in [2.45, 2.75) is 49.3 Å². The monoisotopic (exact) mass is 513 g/mol. The Morgan fingerprint density at radius 1 is 1.29 bits per heavy atom. The van der Waals surface area contributed by atoms with Gasteiger partial charge in [-0.2, -0.15) is 0 Å². The molecule has 12 heteroatoms. The third-order valence-electron chi connectivity index (χ3n) is 5.86. The lowest BCUT2D eigenvalue weighted by Gasteiger charge is -2.36. The second-order valence-electron chi connectivity index (χ2n) is 8.39. The summed E-state index contributed by atoms with van der Waals surface area (Å²) in [5.74, 6) is -2.25. The van der Waals surface area contributed by atoms with Crippen LogP contribution in [0.4, 0.5) is 14.3 Å². The van der Waals surface area contributed by atoms with Crippen LogP contribution >= 0.6 is 11.3 Å². The molecule has 186 valence electrons. The average molecular weight is 514 g/mol. The number of carbonyl (C=O) groups excluding carboxylic acids is 1. The molecule has 1 aromatic heterocycles. The third kappa shape index (κ3) is 6.66. The number of nitrogens with one attached hydrogen (secondary N) is 1. The zero-order valence-electron chi connectivity index (χ0n) is 19.0. The SMILES string of the molecule is COc1ccc(CCN(C(=O)Nc2ncc(S(=O)(=O)CC(=O)O)s2)C2CCC(C)CC2)cc1F. The first-order valence-electron chi connectivity index (χ1n) is 10.9. The van der Waals surface area contributed by atoms with E-state index in [2.05, 4.69) is 17.2 Å². The summed E-state index contributed by atoms with van der Waals surface area (Å²) in [4.78, 5) is 29.6. The van der Waals surface area contributed by atoms with Crippen LogP contribution in [-0.2, 0) is 21.1 Å². The highest BCUT2D eigenvalue weighted by atomic mass is 32.2. The summed E-state index contributed by atoms with van der Waals surface area (Å²) in [6.45, 7) is 2.52. The summed E-state index contributed by atoms with van der Waals surface area (Å²) in [7, 11) is -2.64. The minimum atomic E-state index is -4.03. The van der Waals surface area contributed by atoms with Gasteiger partial charge in [-0.3, -0.25) is 10.1 Å². The van der Waals surface area contributed by atoms with Crippen LogP contribution in [0.15, 0.2) is 28.6 Å². The van der Waals surface area contributed by atoms with E-state index in [9.17, 15) is 22.4 Å². The Hall–Kier alpha value is -2.73. The van der Waals surface area contributed by atoms with Gasteiger partial charge in [0.1, 0.15) is 4.21 Å². The Labute approximate surface area is 201 Å². The van der Waals surface area contributed by atoms with Crippen molar-refractivity contribution in [2.75, 3.05) is 24.7 Å². The number of sulfone groups is 1. The van der Waals surface area contributed by atoms with Crippen LogP contribution in [0.3, 0.4) is 0 Å². The van der Waals surface area contributed by atoms with E-state index in [0.29, 0.717) is 30.2 Å². The normalized spacial score (nSPS) is 18.3. The van der Waals surface area contributed by atoms with Crippen molar-refractivity contribution in [2.24, 2.45) is 5.92 Å². The molecule has 1 aromatic carbocycles. The Morgan fingerprint density at radius 3 is 2.62 bits per heavy atom. The number of hydrogen-bond acceptors (Lipinski definition) is 7. The van der Waals surface area contributed by atoms with Gasteiger partial charge in [-0.15, -0.1) is 0 Å². The minimum absolute atomic E-state index is 0.00512. The summed E-state index contributed by atoms with van der Waals surface area (Å²) in [5.41, 5.74) is 0.719. The number of aliphatic carboxylic acids is 1. The number of methoxy groups -OCH3 is 1. The van der Waals surface area contributed by atoms with Crippen molar-refractivity contribution in [1.82, 2.24) is 9.88 Å². The maximum atomic E-state index is 14.1. The molecule has 1 heterocycles. The van der Waals surface area contributed by atoms with E-state index in [1.54, 1.807) is 17.0 Å². The number of aromatic nitrogens is 1. The van der Waals surface area contributed by atoms with Crippen LogP contribution < -0.4 is 10.1 Å². The predicted octanol–water partition coefficient (Wildman–Crippen LogP) is 3.80. The fraction of sp³-hybridized carbons (Fsp3) is 0.500. The molecule has 0 radical (unpaired) electrons. The molecule has 0 saturated heterocycles. The number of benzene rings is 1. The molecule has 1 saturated carbocycles. The molecular weight excluding hydrogens is 485 g/mol. The van der Waals surface area contributed by atoms with Crippen molar-refractivity contribution >= 4 is 38.3 Å². The summed E-state index contributed by atoms with van der Waals surface area (Å²) in [5, 5.41) is 11.5. The van der Waals surface area contributed by atoms with Gasteiger partial charge in [0.25, 0.3) is 0 Å². The van der Waals surface area contributed by atoms with Crippen molar-refractivity contribution < 1.29 is 32.2 Å². The van der Waals surface area contributed by atoms with Crippen LogP contribution in [0.1, 0.15) is 38.2 Å². The largest absolute Gasteiger partial charge is 0.494 e. The van der Waals surface area contributed by atoms with Gasteiger partial charge in [0.2, 0.25) is 0 Å². The first-order valence-corrected chi connectivity index (χ1v) is 13.4. The summed E-state index contributed by atoms with van der Waals surface area (Å²) < 4.78 is 43.0. The van der Waals surface area contributed by atoms with Gasteiger partial charge in [-0.05, 0) is 55.7 Å². The molecule has 0 atom stereocenters. The first-order chi connectivity index (χ1) is 16.1. The van der Waals surface area contributed by atoms with Gasteiger partial charge in [-0.25, -0.2) is 22.6 Å². The quantitative estimate of drug-likeness (QED) is 0.522. The Balaban J connectivity index is 1.73. The highest BCUT2D eigenvalue weighted by Crippen LogP contribution is 2.29. The lowest BCUT2D eigenvalue weighted by atomic mass is 9.86. The smallest absolute Gasteiger partial charge is 0.323 e. The van der Waals surface area contributed by atoms with E-state index in [0.717, 1.165) is 37.4 Å². The van der Waals surface area contributed by atoms with Gasteiger partial charge in [-0.1, -0.05) is 24.3 Å². The van der Waals surface area contributed by atoms with Crippen LogP contribution in [-0.4, -0.2) is 60.9 Å². The summed E-state index contributed by atoms with van der Waals surface area (Å²) >= 11 is 0.711. The van der Waals surface area contributed by atoms with E-state index < -0.39 is 33.4 Å². The molecule has 2 amide bonds. The number of nitrogens with zero attached hydrogens (tertiary/aromatic N) is 2. The van der Waals surface area contributed by atoms with Crippen molar-refractivity contribution in [3.8, 4) is 5.75 Å². The number of urea groups is 1. The molecular formula is C22H28FN3O6S2.